The minimum atomic E-state index is -0.714. The molecule has 2 aromatic heterocycles. The average molecular weight is 482 g/mol. The van der Waals surface area contributed by atoms with Gasteiger partial charge in [0.1, 0.15) is 33.8 Å². The van der Waals surface area contributed by atoms with E-state index in [9.17, 15) is 18.8 Å². The summed E-state index contributed by atoms with van der Waals surface area (Å²) in [6, 6.07) is 6.63. The monoisotopic (exact) mass is 481 g/mol. The molecule has 0 aliphatic carbocycles. The summed E-state index contributed by atoms with van der Waals surface area (Å²) >= 11 is 6.80. The summed E-state index contributed by atoms with van der Waals surface area (Å²) in [7, 11) is 2.40. The van der Waals surface area contributed by atoms with Gasteiger partial charge < -0.3 is 23.9 Å². The van der Waals surface area contributed by atoms with Crippen LogP contribution < -0.4 is 10.1 Å². The molecule has 3 aromatic rings. The molecule has 0 spiro atoms. The number of furan rings is 1. The number of anilines is 1. The number of nitrogens with one attached hydrogen (secondary N) is 1. The molecule has 0 unspecified atom stereocenters. The van der Waals surface area contributed by atoms with Crippen molar-refractivity contribution in [3.05, 3.63) is 68.7 Å². The highest BCUT2D eigenvalue weighted by atomic mass is 35.5. The fraction of sp³-hybridized carbons (Fsp3) is 0.190. The van der Waals surface area contributed by atoms with Gasteiger partial charge in [0.25, 0.3) is 5.91 Å². The maximum absolute atomic E-state index is 13.1. The number of methoxy groups -OCH3 is 2. The van der Waals surface area contributed by atoms with E-state index in [2.05, 4.69) is 5.32 Å². The quantitative estimate of drug-likeness (QED) is 0.481. The van der Waals surface area contributed by atoms with Crippen molar-refractivity contribution >= 4 is 45.8 Å². The zero-order valence-electron chi connectivity index (χ0n) is 17.1. The second kappa shape index (κ2) is 9.84. The van der Waals surface area contributed by atoms with Crippen LogP contribution in [0.5, 0.6) is 5.75 Å². The van der Waals surface area contributed by atoms with Gasteiger partial charge >= 0.3 is 11.9 Å². The molecule has 168 valence electrons. The predicted molar refractivity (Wildman–Crippen MR) is 114 cm³/mol. The first-order chi connectivity index (χ1) is 15.2. The second-order valence-corrected chi connectivity index (χ2v) is 7.75. The van der Waals surface area contributed by atoms with Crippen LogP contribution in [0.3, 0.4) is 0 Å². The van der Waals surface area contributed by atoms with E-state index in [1.54, 1.807) is 6.92 Å². The SMILES string of the molecule is COC(=O)c1sc(NC(=O)c2ccc(COc3ccc(F)cc3Cl)o2)c(C(=O)OC)c1C. The van der Waals surface area contributed by atoms with Crippen LogP contribution in [0.4, 0.5) is 9.39 Å². The number of esters is 2. The normalized spacial score (nSPS) is 10.5. The molecule has 0 aliphatic heterocycles. The van der Waals surface area contributed by atoms with Gasteiger partial charge in [-0.25, -0.2) is 14.0 Å². The third-order valence-electron chi connectivity index (χ3n) is 4.28. The molecule has 3 rings (SSSR count). The van der Waals surface area contributed by atoms with Crippen LogP contribution in [-0.4, -0.2) is 32.1 Å². The van der Waals surface area contributed by atoms with Crippen LogP contribution in [0, 0.1) is 12.7 Å². The Morgan fingerprint density at radius 3 is 2.50 bits per heavy atom. The third kappa shape index (κ3) is 4.92. The third-order valence-corrected chi connectivity index (χ3v) is 5.77. The Morgan fingerprint density at radius 2 is 1.84 bits per heavy atom. The molecule has 2 heterocycles. The summed E-state index contributed by atoms with van der Waals surface area (Å²) in [5, 5.41) is 2.77. The minimum Gasteiger partial charge on any atom is -0.484 e. The predicted octanol–water partition coefficient (Wildman–Crippen LogP) is 4.85. The lowest BCUT2D eigenvalue weighted by Crippen LogP contribution is -2.13. The molecule has 0 radical (unpaired) electrons. The van der Waals surface area contributed by atoms with Crippen molar-refractivity contribution < 1.29 is 37.4 Å². The molecule has 0 fully saturated rings. The number of ether oxygens (including phenoxy) is 3. The number of hydrogen-bond acceptors (Lipinski definition) is 8. The van der Waals surface area contributed by atoms with Crippen molar-refractivity contribution in [3.8, 4) is 5.75 Å². The summed E-state index contributed by atoms with van der Waals surface area (Å²) in [5.74, 6) is -2.01. The zero-order chi connectivity index (χ0) is 23.4. The Bertz CT molecular complexity index is 1190. The fourth-order valence-electron chi connectivity index (χ4n) is 2.72. The van der Waals surface area contributed by atoms with Crippen molar-refractivity contribution in [3.63, 3.8) is 0 Å². The smallest absolute Gasteiger partial charge is 0.348 e. The Hall–Kier alpha value is -3.37. The van der Waals surface area contributed by atoms with Gasteiger partial charge in [-0.3, -0.25) is 4.79 Å². The summed E-state index contributed by atoms with van der Waals surface area (Å²) in [5.41, 5.74) is 0.376. The maximum atomic E-state index is 13.1. The highest BCUT2D eigenvalue weighted by molar-refractivity contribution is 7.18. The minimum absolute atomic E-state index is 0.0484. The number of thiophene rings is 1. The topological polar surface area (TPSA) is 104 Å². The van der Waals surface area contributed by atoms with Gasteiger partial charge in [0, 0.05) is 0 Å². The number of benzene rings is 1. The van der Waals surface area contributed by atoms with E-state index in [-0.39, 0.29) is 38.6 Å². The lowest BCUT2D eigenvalue weighted by Gasteiger charge is -2.06. The Morgan fingerprint density at radius 1 is 1.12 bits per heavy atom. The van der Waals surface area contributed by atoms with Gasteiger partial charge in [0.2, 0.25) is 0 Å². The zero-order valence-corrected chi connectivity index (χ0v) is 18.7. The first-order valence-corrected chi connectivity index (χ1v) is 10.2. The summed E-state index contributed by atoms with van der Waals surface area (Å²) in [6.07, 6.45) is 0. The molecule has 0 aliphatic rings. The number of carbonyl (C=O) groups excluding carboxylic acids is 3. The first kappa shape index (κ1) is 23.3. The molecule has 0 saturated heterocycles. The Balaban J connectivity index is 1.76. The van der Waals surface area contributed by atoms with Crippen molar-refractivity contribution in [2.45, 2.75) is 13.5 Å². The number of carbonyl (C=O) groups is 3. The van der Waals surface area contributed by atoms with Gasteiger partial charge in [-0.2, -0.15) is 0 Å². The number of halogens is 2. The van der Waals surface area contributed by atoms with Crippen LogP contribution in [0.2, 0.25) is 5.02 Å². The lowest BCUT2D eigenvalue weighted by molar-refractivity contribution is 0.0601. The van der Waals surface area contributed by atoms with Gasteiger partial charge in [-0.1, -0.05) is 11.6 Å². The molecule has 11 heteroatoms. The molecule has 0 bridgehead atoms. The summed E-state index contributed by atoms with van der Waals surface area (Å²) in [6.45, 7) is 1.49. The lowest BCUT2D eigenvalue weighted by atomic mass is 10.1. The molecule has 1 amide bonds. The first-order valence-electron chi connectivity index (χ1n) is 9.03. The summed E-state index contributed by atoms with van der Waals surface area (Å²) < 4.78 is 33.5. The molecule has 8 nitrogen and oxygen atoms in total. The van der Waals surface area contributed by atoms with Crippen LogP contribution in [0.1, 0.15) is 41.9 Å². The second-order valence-electron chi connectivity index (χ2n) is 6.33. The van der Waals surface area contributed by atoms with Gasteiger partial charge in [-0.15, -0.1) is 11.3 Å². The van der Waals surface area contributed by atoms with E-state index in [0.29, 0.717) is 11.3 Å². The summed E-state index contributed by atoms with van der Waals surface area (Å²) in [4.78, 5) is 36.9. The van der Waals surface area contributed by atoms with Crippen molar-refractivity contribution in [1.29, 1.82) is 0 Å². The van der Waals surface area contributed by atoms with E-state index < -0.39 is 23.7 Å². The Kier molecular flexibility index (Phi) is 7.16. The van der Waals surface area contributed by atoms with E-state index in [1.165, 1.54) is 38.5 Å². The van der Waals surface area contributed by atoms with E-state index in [0.717, 1.165) is 17.4 Å². The standard InChI is InChI=1S/C21H17ClFNO7S/c1-10-16(20(26)28-2)19(32-17(10)21(27)29-3)24-18(25)15-7-5-12(31-15)9-30-14-6-4-11(23)8-13(14)22/h4-8H,9H2,1-3H3,(H,24,25). The van der Waals surface area contributed by atoms with E-state index in [1.807, 2.05) is 0 Å². The van der Waals surface area contributed by atoms with Crippen LogP contribution in [0.15, 0.2) is 34.7 Å². The van der Waals surface area contributed by atoms with Crippen LogP contribution in [-0.2, 0) is 16.1 Å². The molecule has 1 aromatic carbocycles. The highest BCUT2D eigenvalue weighted by Crippen LogP contribution is 2.34. The van der Waals surface area contributed by atoms with Crippen molar-refractivity contribution in [1.82, 2.24) is 0 Å². The molecule has 0 saturated carbocycles. The Labute approximate surface area is 190 Å². The average Bonchev–Trinajstić information content (AvgIpc) is 3.37. The van der Waals surface area contributed by atoms with Crippen molar-refractivity contribution in [2.24, 2.45) is 0 Å². The van der Waals surface area contributed by atoms with Gasteiger partial charge in [0.15, 0.2) is 5.76 Å². The van der Waals surface area contributed by atoms with Gasteiger partial charge in [0.05, 0.1) is 24.8 Å². The van der Waals surface area contributed by atoms with Crippen molar-refractivity contribution in [2.75, 3.05) is 19.5 Å². The number of hydrogen-bond donors (Lipinski definition) is 1. The van der Waals surface area contributed by atoms with Crippen LogP contribution >= 0.6 is 22.9 Å². The molecular weight excluding hydrogens is 465 g/mol. The van der Waals surface area contributed by atoms with Gasteiger partial charge in [-0.05, 0) is 42.8 Å². The van der Waals surface area contributed by atoms with Crippen LogP contribution in [0.25, 0.3) is 0 Å². The molecule has 0 atom stereocenters. The number of amides is 1. The molecule has 1 N–H and O–H groups in total. The van der Waals surface area contributed by atoms with E-state index >= 15 is 0 Å². The largest absolute Gasteiger partial charge is 0.484 e. The fourth-order valence-corrected chi connectivity index (χ4v) is 4.05. The maximum Gasteiger partial charge on any atom is 0.348 e. The molecular formula is C21H17ClFNO7S. The van der Waals surface area contributed by atoms with E-state index in [4.69, 9.17) is 30.2 Å². The highest BCUT2D eigenvalue weighted by Gasteiger charge is 2.27. The number of rotatable bonds is 7. The molecule has 32 heavy (non-hydrogen) atoms.